The van der Waals surface area contributed by atoms with Gasteiger partial charge in [-0.1, -0.05) is 13.8 Å². The van der Waals surface area contributed by atoms with Crippen molar-refractivity contribution in [1.29, 1.82) is 0 Å². The summed E-state index contributed by atoms with van der Waals surface area (Å²) in [6.07, 6.45) is 2.07. The summed E-state index contributed by atoms with van der Waals surface area (Å²) in [5.41, 5.74) is 5.46. The Labute approximate surface area is 108 Å². The minimum absolute atomic E-state index is 0.688. The summed E-state index contributed by atoms with van der Waals surface area (Å²) in [5.74, 6) is 0. The molecule has 17 heavy (non-hydrogen) atoms. The van der Waals surface area contributed by atoms with Crippen molar-refractivity contribution in [2.24, 2.45) is 5.73 Å². The summed E-state index contributed by atoms with van der Waals surface area (Å²) < 4.78 is 11.5. The average molecular weight is 262 g/mol. The first-order chi connectivity index (χ1) is 8.11. The molecule has 0 amide bonds. The van der Waals surface area contributed by atoms with E-state index in [1.807, 2.05) is 0 Å². The molecule has 0 saturated carbocycles. The zero-order valence-corrected chi connectivity index (χ0v) is 13.0. The highest BCUT2D eigenvalue weighted by Gasteiger charge is 2.29. The Bertz CT molecular complexity index is 180. The van der Waals surface area contributed by atoms with Crippen molar-refractivity contribution in [3.63, 3.8) is 0 Å². The number of nitrogens with two attached hydrogens (primary N) is 1. The molecule has 0 aromatic rings. The Morgan fingerprint density at radius 1 is 1.18 bits per heavy atom. The number of rotatable bonds is 11. The summed E-state index contributed by atoms with van der Waals surface area (Å²) in [6, 6.07) is 1.06. The highest BCUT2D eigenvalue weighted by Crippen LogP contribution is 2.15. The molecular formula is C12H30N2O2Si. The average Bonchev–Trinajstić information content (AvgIpc) is 2.35. The van der Waals surface area contributed by atoms with Crippen LogP contribution in [0.5, 0.6) is 0 Å². The van der Waals surface area contributed by atoms with Gasteiger partial charge in [-0.15, -0.1) is 0 Å². The summed E-state index contributed by atoms with van der Waals surface area (Å²) in [5, 5.41) is 0. The lowest BCUT2D eigenvalue weighted by molar-refractivity contribution is 0.199. The molecule has 0 heterocycles. The number of hydrogen-bond acceptors (Lipinski definition) is 4. The third kappa shape index (κ3) is 7.89. The van der Waals surface area contributed by atoms with E-state index in [0.717, 1.165) is 45.1 Å². The highest BCUT2D eigenvalue weighted by atomic mass is 28.4. The Morgan fingerprint density at radius 3 is 2.29 bits per heavy atom. The van der Waals surface area contributed by atoms with Crippen molar-refractivity contribution >= 4 is 8.56 Å². The zero-order valence-electron chi connectivity index (χ0n) is 12.0. The maximum absolute atomic E-state index is 5.89. The molecule has 5 heteroatoms. The first-order valence-electron chi connectivity index (χ1n) is 6.73. The van der Waals surface area contributed by atoms with E-state index in [4.69, 9.17) is 14.6 Å². The Hall–Kier alpha value is 0.0569. The molecule has 0 spiro atoms. The Kier molecular flexibility index (Phi) is 10.1. The number of nitrogens with zero attached hydrogens (tertiary/aromatic N) is 1. The van der Waals surface area contributed by atoms with E-state index in [-0.39, 0.29) is 0 Å². The molecular weight excluding hydrogens is 232 g/mol. The number of hydrogen-bond donors (Lipinski definition) is 1. The molecule has 0 rings (SSSR count). The Balaban J connectivity index is 3.85. The van der Waals surface area contributed by atoms with E-state index in [1.54, 1.807) is 7.11 Å². The van der Waals surface area contributed by atoms with Crippen LogP contribution in [-0.2, 0) is 8.85 Å². The van der Waals surface area contributed by atoms with Crippen LogP contribution in [0.3, 0.4) is 0 Å². The molecule has 0 bridgehead atoms. The monoisotopic (exact) mass is 262 g/mol. The van der Waals surface area contributed by atoms with Crippen LogP contribution in [0.25, 0.3) is 0 Å². The van der Waals surface area contributed by atoms with Crippen molar-refractivity contribution in [2.75, 3.05) is 39.9 Å². The van der Waals surface area contributed by atoms with Gasteiger partial charge in [-0.2, -0.15) is 0 Å². The fraction of sp³-hybridized carbons (Fsp3) is 1.00. The molecule has 0 saturated heterocycles. The van der Waals surface area contributed by atoms with Gasteiger partial charge in [-0.05, 0) is 51.6 Å². The van der Waals surface area contributed by atoms with Crippen LogP contribution >= 0.6 is 0 Å². The standard InChI is InChI=1S/C12H30N2O2Si/c1-5-14(6-2)10-8-12-17(4,15-3)16-11-7-9-13/h5-13H2,1-4H3. The van der Waals surface area contributed by atoms with Crippen LogP contribution in [0, 0.1) is 0 Å². The van der Waals surface area contributed by atoms with Crippen molar-refractivity contribution in [1.82, 2.24) is 4.90 Å². The van der Waals surface area contributed by atoms with E-state index in [1.165, 1.54) is 0 Å². The lowest BCUT2D eigenvalue weighted by Crippen LogP contribution is -2.39. The molecule has 1 unspecified atom stereocenters. The van der Waals surface area contributed by atoms with Gasteiger partial charge in [-0.3, -0.25) is 0 Å². The predicted octanol–water partition coefficient (Wildman–Crippen LogP) is 1.80. The Morgan fingerprint density at radius 2 is 1.82 bits per heavy atom. The van der Waals surface area contributed by atoms with Crippen LogP contribution in [0.15, 0.2) is 0 Å². The topological polar surface area (TPSA) is 47.7 Å². The van der Waals surface area contributed by atoms with Gasteiger partial charge < -0.3 is 19.5 Å². The van der Waals surface area contributed by atoms with Crippen molar-refractivity contribution < 1.29 is 8.85 Å². The minimum atomic E-state index is -1.94. The molecule has 2 N–H and O–H groups in total. The third-order valence-corrected chi connectivity index (χ3v) is 6.13. The molecule has 0 aliphatic rings. The van der Waals surface area contributed by atoms with Crippen LogP contribution < -0.4 is 5.73 Å². The van der Waals surface area contributed by atoms with Gasteiger partial charge in [0, 0.05) is 13.7 Å². The third-order valence-electron chi connectivity index (χ3n) is 3.19. The summed E-state index contributed by atoms with van der Waals surface area (Å²) in [4.78, 5) is 2.43. The van der Waals surface area contributed by atoms with Gasteiger partial charge in [0.25, 0.3) is 0 Å². The van der Waals surface area contributed by atoms with E-state index < -0.39 is 8.56 Å². The molecule has 0 fully saturated rings. The van der Waals surface area contributed by atoms with Crippen LogP contribution in [0.2, 0.25) is 12.6 Å². The molecule has 0 aromatic carbocycles. The van der Waals surface area contributed by atoms with Crippen LogP contribution in [0.1, 0.15) is 26.7 Å². The van der Waals surface area contributed by atoms with Crippen molar-refractivity contribution in [2.45, 2.75) is 39.3 Å². The smallest absolute Gasteiger partial charge is 0.334 e. The van der Waals surface area contributed by atoms with Gasteiger partial charge in [0.2, 0.25) is 0 Å². The summed E-state index contributed by atoms with van der Waals surface area (Å²) in [7, 11) is -0.165. The molecule has 0 aliphatic heterocycles. The fourth-order valence-corrected chi connectivity index (χ4v) is 3.61. The van der Waals surface area contributed by atoms with Gasteiger partial charge in [0.05, 0.1) is 0 Å². The van der Waals surface area contributed by atoms with Crippen molar-refractivity contribution in [3.05, 3.63) is 0 Å². The molecule has 4 nitrogen and oxygen atoms in total. The lowest BCUT2D eigenvalue weighted by atomic mass is 10.4. The lowest BCUT2D eigenvalue weighted by Gasteiger charge is -2.26. The second kappa shape index (κ2) is 10.0. The van der Waals surface area contributed by atoms with Gasteiger partial charge in [0.1, 0.15) is 0 Å². The van der Waals surface area contributed by atoms with Gasteiger partial charge >= 0.3 is 8.56 Å². The van der Waals surface area contributed by atoms with E-state index in [0.29, 0.717) is 6.54 Å². The quantitative estimate of drug-likeness (QED) is 0.456. The van der Waals surface area contributed by atoms with Gasteiger partial charge in [0.15, 0.2) is 0 Å². The SMILES string of the molecule is CCN(CC)CCC[Si](C)(OC)OCCCN. The minimum Gasteiger partial charge on any atom is -0.398 e. The van der Waals surface area contributed by atoms with E-state index >= 15 is 0 Å². The van der Waals surface area contributed by atoms with E-state index in [2.05, 4.69) is 25.3 Å². The zero-order chi connectivity index (χ0) is 13.1. The second-order valence-corrected chi connectivity index (χ2v) is 7.92. The predicted molar refractivity (Wildman–Crippen MR) is 75.5 cm³/mol. The molecule has 0 aliphatic carbocycles. The largest absolute Gasteiger partial charge is 0.398 e. The van der Waals surface area contributed by atoms with Crippen LogP contribution in [-0.4, -0.2) is 53.4 Å². The normalized spacial score (nSPS) is 15.2. The second-order valence-electron chi connectivity index (χ2n) is 4.46. The first-order valence-corrected chi connectivity index (χ1v) is 9.25. The highest BCUT2D eigenvalue weighted by molar-refractivity contribution is 6.65. The molecule has 0 aromatic heterocycles. The van der Waals surface area contributed by atoms with Crippen molar-refractivity contribution in [3.8, 4) is 0 Å². The molecule has 104 valence electrons. The summed E-state index contributed by atoms with van der Waals surface area (Å²) in [6.45, 7) is 11.4. The summed E-state index contributed by atoms with van der Waals surface area (Å²) >= 11 is 0. The maximum Gasteiger partial charge on any atom is 0.334 e. The maximum atomic E-state index is 5.89. The first kappa shape index (κ1) is 17.1. The van der Waals surface area contributed by atoms with Crippen LogP contribution in [0.4, 0.5) is 0 Å². The molecule has 1 atom stereocenters. The molecule has 0 radical (unpaired) electrons. The van der Waals surface area contributed by atoms with Gasteiger partial charge in [-0.25, -0.2) is 0 Å². The fourth-order valence-electron chi connectivity index (χ4n) is 1.77. The van der Waals surface area contributed by atoms with E-state index in [9.17, 15) is 0 Å².